The van der Waals surface area contributed by atoms with Gasteiger partial charge in [-0.3, -0.25) is 9.59 Å². The van der Waals surface area contributed by atoms with Gasteiger partial charge in [0.05, 0.1) is 0 Å². The molecule has 30 heavy (non-hydrogen) atoms. The highest BCUT2D eigenvalue weighted by Crippen LogP contribution is 2.16. The van der Waals surface area contributed by atoms with Gasteiger partial charge >= 0.3 is 0 Å². The maximum absolute atomic E-state index is 12.4. The van der Waals surface area contributed by atoms with E-state index in [9.17, 15) is 9.59 Å². The zero-order chi connectivity index (χ0) is 20.8. The molecule has 4 rings (SSSR count). The molecule has 2 aromatic carbocycles. The van der Waals surface area contributed by atoms with Gasteiger partial charge in [-0.15, -0.1) is 0 Å². The molecule has 0 spiro atoms. The lowest BCUT2D eigenvalue weighted by atomic mass is 10.0. The highest BCUT2D eigenvalue weighted by Gasteiger charge is 2.10. The molecule has 0 aliphatic heterocycles. The van der Waals surface area contributed by atoms with Crippen LogP contribution in [0.4, 0.5) is 5.82 Å². The van der Waals surface area contributed by atoms with Crippen LogP contribution in [-0.2, 0) is 4.79 Å². The molecule has 1 amide bonds. The zero-order valence-electron chi connectivity index (χ0n) is 15.8. The third kappa shape index (κ3) is 4.56. The first-order valence-corrected chi connectivity index (χ1v) is 9.13. The molecular formula is C22H17N5O3. The van der Waals surface area contributed by atoms with E-state index in [1.54, 1.807) is 65.6 Å². The SMILES string of the molecule is O=C(COc1ccc(C(=O)c2ccccc2)cc1)Nc1cc(-n2cccn2)ncn1. The molecule has 0 radical (unpaired) electrons. The first-order valence-electron chi connectivity index (χ1n) is 9.13. The van der Waals surface area contributed by atoms with Crippen molar-refractivity contribution in [2.24, 2.45) is 0 Å². The van der Waals surface area contributed by atoms with Crippen molar-refractivity contribution in [2.45, 2.75) is 0 Å². The van der Waals surface area contributed by atoms with Crippen LogP contribution >= 0.6 is 0 Å². The van der Waals surface area contributed by atoms with Crippen molar-refractivity contribution in [1.29, 1.82) is 0 Å². The molecule has 0 unspecified atom stereocenters. The van der Waals surface area contributed by atoms with Gasteiger partial charge in [0, 0.05) is 29.6 Å². The lowest BCUT2D eigenvalue weighted by molar-refractivity contribution is -0.118. The van der Waals surface area contributed by atoms with Crippen molar-refractivity contribution in [3.63, 3.8) is 0 Å². The van der Waals surface area contributed by atoms with Gasteiger partial charge in [0.1, 0.15) is 17.9 Å². The maximum Gasteiger partial charge on any atom is 0.263 e. The van der Waals surface area contributed by atoms with Crippen LogP contribution in [0.25, 0.3) is 5.82 Å². The minimum Gasteiger partial charge on any atom is -0.484 e. The quantitative estimate of drug-likeness (QED) is 0.480. The fourth-order valence-electron chi connectivity index (χ4n) is 2.73. The number of hydrogen-bond acceptors (Lipinski definition) is 6. The number of amides is 1. The van der Waals surface area contributed by atoms with E-state index in [1.165, 1.54) is 6.33 Å². The predicted octanol–water partition coefficient (Wildman–Crippen LogP) is 2.91. The molecule has 0 atom stereocenters. The maximum atomic E-state index is 12.4. The molecule has 2 aromatic heterocycles. The molecule has 4 aromatic rings. The molecule has 8 nitrogen and oxygen atoms in total. The van der Waals surface area contributed by atoms with Crippen LogP contribution in [0.15, 0.2) is 85.5 Å². The number of ketones is 1. The van der Waals surface area contributed by atoms with Crippen LogP contribution in [0.2, 0.25) is 0 Å². The van der Waals surface area contributed by atoms with Crippen molar-refractivity contribution >= 4 is 17.5 Å². The molecular weight excluding hydrogens is 382 g/mol. The second kappa shape index (κ2) is 8.78. The third-order valence-electron chi connectivity index (χ3n) is 4.18. The smallest absolute Gasteiger partial charge is 0.263 e. The number of ether oxygens (including phenoxy) is 1. The zero-order valence-corrected chi connectivity index (χ0v) is 15.8. The topological polar surface area (TPSA) is 99.0 Å². The Morgan fingerprint density at radius 2 is 1.70 bits per heavy atom. The van der Waals surface area contributed by atoms with Crippen molar-refractivity contribution in [2.75, 3.05) is 11.9 Å². The molecule has 0 fully saturated rings. The predicted molar refractivity (Wildman–Crippen MR) is 110 cm³/mol. The minimum atomic E-state index is -0.371. The Morgan fingerprint density at radius 3 is 2.43 bits per heavy atom. The van der Waals surface area contributed by atoms with E-state index in [1.807, 2.05) is 18.2 Å². The van der Waals surface area contributed by atoms with Crippen LogP contribution in [0.1, 0.15) is 15.9 Å². The molecule has 2 heterocycles. The first kappa shape index (κ1) is 19.0. The fraction of sp³-hybridized carbons (Fsp3) is 0.0455. The van der Waals surface area contributed by atoms with E-state index >= 15 is 0 Å². The Hall–Kier alpha value is -4.33. The summed E-state index contributed by atoms with van der Waals surface area (Å²) in [5.41, 5.74) is 1.16. The summed E-state index contributed by atoms with van der Waals surface area (Å²) in [5, 5.41) is 6.74. The van der Waals surface area contributed by atoms with Crippen molar-refractivity contribution < 1.29 is 14.3 Å². The number of nitrogens with zero attached hydrogens (tertiary/aromatic N) is 4. The number of benzene rings is 2. The molecule has 8 heteroatoms. The van der Waals surface area contributed by atoms with E-state index in [0.29, 0.717) is 28.5 Å². The van der Waals surface area contributed by atoms with Crippen molar-refractivity contribution in [3.05, 3.63) is 96.6 Å². The standard InChI is InChI=1S/C22H17N5O3/c28-21(26-19-13-20(24-15-23-19)27-12-4-11-25-27)14-30-18-9-7-17(8-10-18)22(29)16-5-2-1-3-6-16/h1-13,15H,14H2,(H,23,24,26,28). The van der Waals surface area contributed by atoms with Crippen LogP contribution in [0, 0.1) is 0 Å². The summed E-state index contributed by atoms with van der Waals surface area (Å²) in [6.07, 6.45) is 4.71. The van der Waals surface area contributed by atoms with Crippen LogP contribution in [-0.4, -0.2) is 38.0 Å². The number of aromatic nitrogens is 4. The first-order chi connectivity index (χ1) is 14.7. The van der Waals surface area contributed by atoms with E-state index in [-0.39, 0.29) is 18.3 Å². The number of carbonyl (C=O) groups excluding carboxylic acids is 2. The lowest BCUT2D eigenvalue weighted by Crippen LogP contribution is -2.21. The van der Waals surface area contributed by atoms with Gasteiger partial charge in [-0.2, -0.15) is 5.10 Å². The number of carbonyl (C=O) groups is 2. The summed E-state index contributed by atoms with van der Waals surface area (Å²) in [4.78, 5) is 32.7. The number of anilines is 1. The average molecular weight is 399 g/mol. The van der Waals surface area contributed by atoms with Gasteiger partial charge in [0.25, 0.3) is 5.91 Å². The monoisotopic (exact) mass is 399 g/mol. The van der Waals surface area contributed by atoms with E-state index < -0.39 is 0 Å². The third-order valence-corrected chi connectivity index (χ3v) is 4.18. The van der Waals surface area contributed by atoms with Crippen LogP contribution < -0.4 is 10.1 Å². The van der Waals surface area contributed by atoms with Crippen molar-refractivity contribution in [1.82, 2.24) is 19.7 Å². The van der Waals surface area contributed by atoms with Gasteiger partial charge in [-0.1, -0.05) is 30.3 Å². The summed E-state index contributed by atoms with van der Waals surface area (Å²) in [5.74, 6) is 0.911. The van der Waals surface area contributed by atoms with Gasteiger partial charge < -0.3 is 10.1 Å². The van der Waals surface area contributed by atoms with Gasteiger partial charge in [-0.25, -0.2) is 14.6 Å². The van der Waals surface area contributed by atoms with Gasteiger partial charge in [-0.05, 0) is 30.3 Å². The summed E-state index contributed by atoms with van der Waals surface area (Å²) in [7, 11) is 0. The summed E-state index contributed by atoms with van der Waals surface area (Å²) in [6.45, 7) is -0.201. The number of hydrogen-bond donors (Lipinski definition) is 1. The molecule has 0 aliphatic carbocycles. The normalized spacial score (nSPS) is 10.4. The van der Waals surface area contributed by atoms with Gasteiger partial charge in [0.2, 0.25) is 0 Å². The fourth-order valence-corrected chi connectivity index (χ4v) is 2.73. The Labute approximate surface area is 172 Å². The van der Waals surface area contributed by atoms with E-state index in [0.717, 1.165) is 0 Å². The number of nitrogens with one attached hydrogen (secondary N) is 1. The number of rotatable bonds is 7. The Balaban J connectivity index is 1.33. The van der Waals surface area contributed by atoms with E-state index in [2.05, 4.69) is 20.4 Å². The second-order valence-corrected chi connectivity index (χ2v) is 6.27. The van der Waals surface area contributed by atoms with E-state index in [4.69, 9.17) is 4.74 Å². The summed E-state index contributed by atoms with van der Waals surface area (Å²) < 4.78 is 7.06. The molecule has 0 aliphatic rings. The average Bonchev–Trinajstić information content (AvgIpc) is 3.33. The van der Waals surface area contributed by atoms with Gasteiger partial charge in [0.15, 0.2) is 18.2 Å². The highest BCUT2D eigenvalue weighted by molar-refractivity contribution is 6.09. The molecule has 0 saturated carbocycles. The van der Waals surface area contributed by atoms with Crippen LogP contribution in [0.3, 0.4) is 0 Å². The summed E-state index contributed by atoms with van der Waals surface area (Å²) >= 11 is 0. The molecule has 1 N–H and O–H groups in total. The highest BCUT2D eigenvalue weighted by atomic mass is 16.5. The second-order valence-electron chi connectivity index (χ2n) is 6.27. The molecule has 148 valence electrons. The molecule has 0 bridgehead atoms. The Morgan fingerprint density at radius 1 is 0.933 bits per heavy atom. The summed E-state index contributed by atoms with van der Waals surface area (Å²) in [6, 6.07) is 19.1. The minimum absolute atomic E-state index is 0.0726. The van der Waals surface area contributed by atoms with Crippen LogP contribution in [0.5, 0.6) is 5.75 Å². The molecule has 0 saturated heterocycles. The Kier molecular flexibility index (Phi) is 5.56. The Bertz CT molecular complexity index is 1140. The van der Waals surface area contributed by atoms with Crippen molar-refractivity contribution in [3.8, 4) is 11.6 Å². The lowest BCUT2D eigenvalue weighted by Gasteiger charge is -2.08. The largest absolute Gasteiger partial charge is 0.484 e.